The highest BCUT2D eigenvalue weighted by molar-refractivity contribution is 6.32. The second-order valence-corrected chi connectivity index (χ2v) is 9.55. The summed E-state index contributed by atoms with van der Waals surface area (Å²) in [5.74, 6) is 3.03. The molecule has 1 saturated carbocycles. The van der Waals surface area contributed by atoms with Gasteiger partial charge < -0.3 is 9.64 Å². The quantitative estimate of drug-likeness (QED) is 0.317. The minimum atomic E-state index is 0.242. The summed E-state index contributed by atoms with van der Waals surface area (Å²) in [5, 5.41) is 5.70. The fraction of sp³-hybridized carbons (Fsp3) is 0.481. The molecule has 1 aliphatic rings. The Labute approximate surface area is 202 Å². The molecule has 1 aromatic heterocycles. The SMILES string of the molecule is CCCC(c1ccc(C)cc1)N(CCC)c1nc(C2CC2)n(-c2cc(C)c(OC)cc2Cl)n1. The lowest BCUT2D eigenvalue weighted by molar-refractivity contribution is 0.411. The number of hydrogen-bond donors (Lipinski definition) is 0. The first-order valence-electron chi connectivity index (χ1n) is 12.1. The summed E-state index contributed by atoms with van der Waals surface area (Å²) < 4.78 is 7.43. The molecule has 5 nitrogen and oxygen atoms in total. The molecular formula is C27H35ClN4O. The summed E-state index contributed by atoms with van der Waals surface area (Å²) in [6, 6.07) is 13.1. The zero-order valence-corrected chi connectivity index (χ0v) is 21.2. The second kappa shape index (κ2) is 10.2. The Morgan fingerprint density at radius 2 is 1.85 bits per heavy atom. The number of methoxy groups -OCH3 is 1. The third-order valence-corrected chi connectivity index (χ3v) is 6.68. The summed E-state index contributed by atoms with van der Waals surface area (Å²) in [6.45, 7) is 9.53. The van der Waals surface area contributed by atoms with Crippen molar-refractivity contribution in [3.8, 4) is 11.4 Å². The van der Waals surface area contributed by atoms with E-state index >= 15 is 0 Å². The largest absolute Gasteiger partial charge is 0.496 e. The van der Waals surface area contributed by atoms with Gasteiger partial charge in [0.15, 0.2) is 0 Å². The molecule has 0 bridgehead atoms. The maximum absolute atomic E-state index is 6.70. The number of ether oxygens (including phenoxy) is 1. The van der Waals surface area contributed by atoms with Gasteiger partial charge in [-0.05, 0) is 56.7 Å². The van der Waals surface area contributed by atoms with Crippen molar-refractivity contribution in [3.05, 3.63) is 63.9 Å². The lowest BCUT2D eigenvalue weighted by Crippen LogP contribution is -2.30. The zero-order valence-electron chi connectivity index (χ0n) is 20.4. The van der Waals surface area contributed by atoms with Crippen LogP contribution in [0.25, 0.3) is 5.69 Å². The van der Waals surface area contributed by atoms with Gasteiger partial charge in [-0.1, -0.05) is 61.7 Å². The maximum atomic E-state index is 6.70. The molecule has 1 fully saturated rings. The molecule has 1 heterocycles. The van der Waals surface area contributed by atoms with Crippen LogP contribution in [0.5, 0.6) is 5.75 Å². The van der Waals surface area contributed by atoms with Crippen LogP contribution in [0.4, 0.5) is 5.95 Å². The van der Waals surface area contributed by atoms with Gasteiger partial charge in [-0.15, -0.1) is 5.10 Å². The molecule has 4 rings (SSSR count). The number of rotatable bonds is 10. The summed E-state index contributed by atoms with van der Waals surface area (Å²) in [6.07, 6.45) is 5.48. The van der Waals surface area contributed by atoms with Crippen molar-refractivity contribution in [3.63, 3.8) is 0 Å². The Morgan fingerprint density at radius 3 is 2.45 bits per heavy atom. The first-order chi connectivity index (χ1) is 16.0. The number of benzene rings is 2. The molecule has 176 valence electrons. The molecule has 6 heteroatoms. The fourth-order valence-corrected chi connectivity index (χ4v) is 4.68. The molecule has 1 unspecified atom stereocenters. The van der Waals surface area contributed by atoms with Crippen molar-refractivity contribution in [1.82, 2.24) is 14.8 Å². The highest BCUT2D eigenvalue weighted by atomic mass is 35.5. The van der Waals surface area contributed by atoms with Gasteiger partial charge in [0.25, 0.3) is 0 Å². The molecular weight excluding hydrogens is 432 g/mol. The summed E-state index contributed by atoms with van der Waals surface area (Å²) >= 11 is 6.70. The zero-order chi connectivity index (χ0) is 23.5. The first-order valence-corrected chi connectivity index (χ1v) is 12.5. The molecule has 33 heavy (non-hydrogen) atoms. The van der Waals surface area contributed by atoms with Gasteiger partial charge in [-0.3, -0.25) is 0 Å². The average Bonchev–Trinajstić information content (AvgIpc) is 3.57. The lowest BCUT2D eigenvalue weighted by atomic mass is 9.99. The Bertz CT molecular complexity index is 1090. The van der Waals surface area contributed by atoms with Crippen LogP contribution in [0, 0.1) is 13.8 Å². The number of anilines is 1. The number of halogens is 1. The van der Waals surface area contributed by atoms with Crippen molar-refractivity contribution < 1.29 is 4.74 Å². The average molecular weight is 467 g/mol. The third-order valence-electron chi connectivity index (χ3n) is 6.38. The van der Waals surface area contributed by atoms with E-state index in [1.807, 2.05) is 17.7 Å². The van der Waals surface area contributed by atoms with Crippen molar-refractivity contribution in [2.24, 2.45) is 0 Å². The van der Waals surface area contributed by atoms with Crippen LogP contribution < -0.4 is 9.64 Å². The van der Waals surface area contributed by atoms with Crippen molar-refractivity contribution in [2.45, 2.75) is 71.8 Å². The van der Waals surface area contributed by atoms with E-state index in [0.717, 1.165) is 67.4 Å². The predicted molar refractivity (Wildman–Crippen MR) is 136 cm³/mol. The predicted octanol–water partition coefficient (Wildman–Crippen LogP) is 7.18. The molecule has 0 N–H and O–H groups in total. The fourth-order valence-electron chi connectivity index (χ4n) is 4.45. The van der Waals surface area contributed by atoms with E-state index in [-0.39, 0.29) is 6.04 Å². The number of aromatic nitrogens is 3. The van der Waals surface area contributed by atoms with E-state index in [4.69, 9.17) is 26.4 Å². The monoisotopic (exact) mass is 466 g/mol. The van der Waals surface area contributed by atoms with E-state index in [2.05, 4.69) is 56.0 Å². The topological polar surface area (TPSA) is 43.2 Å². The molecule has 0 amide bonds. The standard InChI is InChI=1S/C27H35ClN4O/c1-6-8-23(20-11-9-18(3)10-12-20)31(15-7-2)27-29-26(21-13-14-21)32(30-27)24-16-19(4)25(33-5)17-22(24)28/h9-12,16-17,21,23H,6-8,13-15H2,1-5H3. The van der Waals surface area contributed by atoms with Crippen LogP contribution in [-0.2, 0) is 0 Å². The molecule has 1 atom stereocenters. The van der Waals surface area contributed by atoms with Gasteiger partial charge in [-0.2, -0.15) is 4.98 Å². The van der Waals surface area contributed by atoms with Gasteiger partial charge in [0.05, 0.1) is 23.9 Å². The van der Waals surface area contributed by atoms with Gasteiger partial charge in [0.1, 0.15) is 11.6 Å². The summed E-state index contributed by atoms with van der Waals surface area (Å²) in [5.41, 5.74) is 4.50. The van der Waals surface area contributed by atoms with Crippen molar-refractivity contribution in [1.29, 1.82) is 0 Å². The van der Waals surface area contributed by atoms with Gasteiger partial charge >= 0.3 is 0 Å². The molecule has 0 spiro atoms. The van der Waals surface area contributed by atoms with E-state index in [0.29, 0.717) is 10.9 Å². The Hall–Kier alpha value is -2.53. The smallest absolute Gasteiger partial charge is 0.245 e. The number of hydrogen-bond acceptors (Lipinski definition) is 4. The second-order valence-electron chi connectivity index (χ2n) is 9.14. The van der Waals surface area contributed by atoms with Crippen molar-refractivity contribution >= 4 is 17.5 Å². The van der Waals surface area contributed by atoms with E-state index in [1.165, 1.54) is 11.1 Å². The van der Waals surface area contributed by atoms with E-state index in [1.54, 1.807) is 7.11 Å². The van der Waals surface area contributed by atoms with Gasteiger partial charge in [0.2, 0.25) is 5.95 Å². The van der Waals surface area contributed by atoms with Crippen LogP contribution >= 0.6 is 11.6 Å². The number of nitrogens with zero attached hydrogens (tertiary/aromatic N) is 4. The molecule has 3 aromatic rings. The number of aryl methyl sites for hydroxylation is 2. The Morgan fingerprint density at radius 1 is 1.12 bits per heavy atom. The molecule has 2 aromatic carbocycles. The van der Waals surface area contributed by atoms with Crippen LogP contribution in [0.2, 0.25) is 5.02 Å². The summed E-state index contributed by atoms with van der Waals surface area (Å²) in [7, 11) is 1.67. The van der Waals surface area contributed by atoms with Crippen LogP contribution in [0.15, 0.2) is 36.4 Å². The highest BCUT2D eigenvalue weighted by Crippen LogP contribution is 2.42. The minimum absolute atomic E-state index is 0.242. The van der Waals surface area contributed by atoms with Crippen LogP contribution in [0.3, 0.4) is 0 Å². The highest BCUT2D eigenvalue weighted by Gasteiger charge is 2.33. The normalized spacial score (nSPS) is 14.4. The van der Waals surface area contributed by atoms with Gasteiger partial charge in [-0.25, -0.2) is 4.68 Å². The minimum Gasteiger partial charge on any atom is -0.496 e. The van der Waals surface area contributed by atoms with Gasteiger partial charge in [0, 0.05) is 18.5 Å². The van der Waals surface area contributed by atoms with Crippen LogP contribution in [-0.4, -0.2) is 28.4 Å². The molecule has 1 aliphatic carbocycles. The molecule has 0 radical (unpaired) electrons. The Balaban J connectivity index is 1.79. The van der Waals surface area contributed by atoms with Crippen molar-refractivity contribution in [2.75, 3.05) is 18.6 Å². The molecule has 0 aliphatic heterocycles. The van der Waals surface area contributed by atoms with Crippen LogP contribution in [0.1, 0.15) is 80.4 Å². The summed E-state index contributed by atoms with van der Waals surface area (Å²) in [4.78, 5) is 7.50. The first kappa shape index (κ1) is 23.6. The van der Waals surface area contributed by atoms with E-state index < -0.39 is 0 Å². The lowest BCUT2D eigenvalue weighted by Gasteiger charge is -2.31. The maximum Gasteiger partial charge on any atom is 0.245 e. The van der Waals surface area contributed by atoms with E-state index in [9.17, 15) is 0 Å². The molecule has 0 saturated heterocycles. The Kier molecular flexibility index (Phi) is 7.28. The third kappa shape index (κ3) is 5.03.